The van der Waals surface area contributed by atoms with Crippen LogP contribution in [0.3, 0.4) is 0 Å². The van der Waals surface area contributed by atoms with Crippen LogP contribution in [0.15, 0.2) is 64.8 Å². The molecule has 176 valence electrons. The van der Waals surface area contributed by atoms with E-state index in [9.17, 15) is 19.8 Å². The van der Waals surface area contributed by atoms with Crippen molar-refractivity contribution in [1.82, 2.24) is 4.90 Å². The van der Waals surface area contributed by atoms with Crippen LogP contribution in [0.25, 0.3) is 5.76 Å². The van der Waals surface area contributed by atoms with E-state index in [-0.39, 0.29) is 40.7 Å². The summed E-state index contributed by atoms with van der Waals surface area (Å²) in [7, 11) is 4.24. The van der Waals surface area contributed by atoms with Gasteiger partial charge in [-0.25, -0.2) is 0 Å². The average molecular weight is 465 g/mol. The molecule has 2 N–H and O–H groups in total. The topological polar surface area (TPSA) is 119 Å². The number of carbonyl (C=O) groups excluding carboxylic acids is 2. The molecule has 2 heterocycles. The van der Waals surface area contributed by atoms with Gasteiger partial charge in [-0.1, -0.05) is 12.1 Å². The van der Waals surface area contributed by atoms with E-state index in [0.717, 1.165) is 0 Å². The van der Waals surface area contributed by atoms with E-state index >= 15 is 0 Å². The lowest BCUT2D eigenvalue weighted by atomic mass is 9.94. The number of hydrogen-bond donors (Lipinski definition) is 2. The highest BCUT2D eigenvalue weighted by Gasteiger charge is 2.47. The molecule has 1 unspecified atom stereocenters. The Morgan fingerprint density at radius 3 is 2.21 bits per heavy atom. The van der Waals surface area contributed by atoms with Crippen LogP contribution >= 0.6 is 0 Å². The lowest BCUT2D eigenvalue weighted by Crippen LogP contribution is -2.29. The minimum Gasteiger partial charge on any atom is -0.506 e. The van der Waals surface area contributed by atoms with Gasteiger partial charge in [-0.05, 0) is 42.0 Å². The maximum Gasteiger partial charge on any atom is 0.296 e. The fourth-order valence-corrected chi connectivity index (χ4v) is 4.06. The van der Waals surface area contributed by atoms with E-state index < -0.39 is 23.5 Å². The molecule has 1 atom stereocenters. The number of aliphatic hydroxyl groups is 1. The molecule has 0 radical (unpaired) electrons. The second-order valence-electron chi connectivity index (χ2n) is 7.48. The number of phenols is 1. The third-order valence-electron chi connectivity index (χ3n) is 5.63. The SMILES string of the molecule is COc1ccc(C2/C(=C(\O)c3c(OC)cccc3OC)C(=O)C(=O)N2Cc2ccco2)cc1O. The number of amides is 1. The second kappa shape index (κ2) is 9.22. The molecular formula is C25H23NO8. The molecule has 0 saturated carbocycles. The molecule has 34 heavy (non-hydrogen) atoms. The number of carbonyl (C=O) groups is 2. The number of furan rings is 1. The summed E-state index contributed by atoms with van der Waals surface area (Å²) in [6, 6.07) is 11.7. The summed E-state index contributed by atoms with van der Waals surface area (Å²) in [6.07, 6.45) is 1.46. The Hall–Kier alpha value is -4.40. The highest BCUT2D eigenvalue weighted by molar-refractivity contribution is 6.46. The zero-order valence-electron chi connectivity index (χ0n) is 18.8. The number of likely N-dealkylation sites (tertiary alicyclic amines) is 1. The Morgan fingerprint density at radius 2 is 1.65 bits per heavy atom. The molecule has 4 rings (SSSR count). The fraction of sp³-hybridized carbons (Fsp3) is 0.200. The Bertz CT molecular complexity index is 1240. The largest absolute Gasteiger partial charge is 0.506 e. The number of hydrogen-bond acceptors (Lipinski definition) is 8. The van der Waals surface area contributed by atoms with E-state index in [1.165, 1.54) is 44.6 Å². The summed E-state index contributed by atoms with van der Waals surface area (Å²) in [6.45, 7) is -0.0329. The zero-order valence-corrected chi connectivity index (χ0v) is 18.8. The number of phenolic OH excluding ortho intramolecular Hbond substituents is 1. The quantitative estimate of drug-likeness (QED) is 0.309. The zero-order chi connectivity index (χ0) is 24.4. The summed E-state index contributed by atoms with van der Waals surface area (Å²) < 4.78 is 21.3. The van der Waals surface area contributed by atoms with E-state index in [1.54, 1.807) is 36.4 Å². The standard InChI is InChI=1S/C25H23NO8/c1-31-17-10-9-14(12-16(17)27)22-21(23(28)20-18(32-2)7-4-8-19(20)33-3)24(29)25(30)26(22)13-15-6-5-11-34-15/h4-12,22,27-28H,13H2,1-3H3/b23-21+. The molecule has 1 amide bonds. The van der Waals surface area contributed by atoms with Gasteiger partial charge in [0.1, 0.15) is 28.6 Å². The van der Waals surface area contributed by atoms with Gasteiger partial charge in [0.15, 0.2) is 11.5 Å². The van der Waals surface area contributed by atoms with Gasteiger partial charge in [0.05, 0.1) is 45.8 Å². The van der Waals surface area contributed by atoms with E-state index in [0.29, 0.717) is 11.3 Å². The van der Waals surface area contributed by atoms with Crippen LogP contribution < -0.4 is 14.2 Å². The highest BCUT2D eigenvalue weighted by Crippen LogP contribution is 2.45. The number of ketones is 1. The third-order valence-corrected chi connectivity index (χ3v) is 5.63. The smallest absolute Gasteiger partial charge is 0.296 e. The van der Waals surface area contributed by atoms with Crippen LogP contribution in [0.2, 0.25) is 0 Å². The first kappa shape index (κ1) is 22.8. The van der Waals surface area contributed by atoms with Gasteiger partial charge in [-0.15, -0.1) is 0 Å². The summed E-state index contributed by atoms with van der Waals surface area (Å²) >= 11 is 0. The predicted octanol–water partition coefficient (Wildman–Crippen LogP) is 3.63. The molecule has 0 aliphatic carbocycles. The first-order chi connectivity index (χ1) is 16.4. The molecule has 9 nitrogen and oxygen atoms in total. The number of nitrogens with zero attached hydrogens (tertiary/aromatic N) is 1. The van der Waals surface area contributed by atoms with Crippen LogP contribution in [0, 0.1) is 0 Å². The molecule has 2 aromatic carbocycles. The highest BCUT2D eigenvalue weighted by atomic mass is 16.5. The number of aromatic hydroxyl groups is 1. The predicted molar refractivity (Wildman–Crippen MR) is 121 cm³/mol. The van der Waals surface area contributed by atoms with Crippen molar-refractivity contribution in [3.05, 3.63) is 77.3 Å². The average Bonchev–Trinajstić information content (AvgIpc) is 3.45. The number of Topliss-reactive ketones (excluding diaryl/α,β-unsaturated/α-hetero) is 1. The van der Waals surface area contributed by atoms with Gasteiger partial charge in [0.2, 0.25) is 0 Å². The van der Waals surface area contributed by atoms with Gasteiger partial charge in [0, 0.05) is 0 Å². The maximum absolute atomic E-state index is 13.2. The molecule has 1 saturated heterocycles. The summed E-state index contributed by atoms with van der Waals surface area (Å²) in [5, 5.41) is 21.8. The van der Waals surface area contributed by atoms with Gasteiger partial charge in [-0.2, -0.15) is 0 Å². The second-order valence-corrected chi connectivity index (χ2v) is 7.48. The van der Waals surface area contributed by atoms with Gasteiger partial charge in [-0.3, -0.25) is 9.59 Å². The van der Waals surface area contributed by atoms with E-state index in [2.05, 4.69) is 0 Å². The Labute approximate surface area is 195 Å². The third kappa shape index (κ3) is 3.81. The van der Waals surface area contributed by atoms with Crippen molar-refractivity contribution in [2.45, 2.75) is 12.6 Å². The van der Waals surface area contributed by atoms with E-state index in [1.807, 2.05) is 0 Å². The van der Waals surface area contributed by atoms with Crippen LogP contribution in [0.4, 0.5) is 0 Å². The number of rotatable bonds is 7. The number of methoxy groups -OCH3 is 3. The van der Waals surface area contributed by atoms with Crippen molar-refractivity contribution in [2.24, 2.45) is 0 Å². The van der Waals surface area contributed by atoms with Crippen LogP contribution in [-0.4, -0.2) is 48.1 Å². The minimum atomic E-state index is -1.03. The van der Waals surface area contributed by atoms with E-state index in [4.69, 9.17) is 18.6 Å². The normalized spacial score (nSPS) is 17.1. The molecule has 3 aromatic rings. The van der Waals surface area contributed by atoms with Gasteiger partial charge >= 0.3 is 0 Å². The first-order valence-electron chi connectivity index (χ1n) is 10.3. The first-order valence-corrected chi connectivity index (χ1v) is 10.3. The van der Waals surface area contributed by atoms with Crippen LogP contribution in [0.5, 0.6) is 23.0 Å². The summed E-state index contributed by atoms with van der Waals surface area (Å²) in [4.78, 5) is 27.6. The van der Waals surface area contributed by atoms with Crippen molar-refractivity contribution in [2.75, 3.05) is 21.3 Å². The number of aliphatic hydroxyl groups excluding tert-OH is 1. The van der Waals surface area contributed by atoms with Crippen molar-refractivity contribution < 1.29 is 38.4 Å². The van der Waals surface area contributed by atoms with Crippen LogP contribution in [0.1, 0.15) is 22.9 Å². The Morgan fingerprint density at radius 1 is 0.971 bits per heavy atom. The molecule has 1 aliphatic rings. The van der Waals surface area contributed by atoms with Crippen molar-refractivity contribution in [3.8, 4) is 23.0 Å². The molecule has 0 spiro atoms. The Kier molecular flexibility index (Phi) is 6.18. The van der Waals surface area contributed by atoms with Crippen LogP contribution in [-0.2, 0) is 16.1 Å². The monoisotopic (exact) mass is 465 g/mol. The fourth-order valence-electron chi connectivity index (χ4n) is 4.06. The van der Waals surface area contributed by atoms with Gasteiger partial charge in [0.25, 0.3) is 11.7 Å². The summed E-state index contributed by atoms with van der Waals surface area (Å²) in [5.74, 6) is -1.19. The molecule has 9 heteroatoms. The maximum atomic E-state index is 13.2. The molecular weight excluding hydrogens is 442 g/mol. The van der Waals surface area contributed by atoms with Crippen molar-refractivity contribution in [3.63, 3.8) is 0 Å². The lowest BCUT2D eigenvalue weighted by molar-refractivity contribution is -0.140. The Balaban J connectivity index is 1.95. The molecule has 0 bridgehead atoms. The molecule has 1 aromatic heterocycles. The number of benzene rings is 2. The van der Waals surface area contributed by atoms with Crippen molar-refractivity contribution >= 4 is 17.4 Å². The molecule has 1 aliphatic heterocycles. The van der Waals surface area contributed by atoms with Crippen molar-refractivity contribution in [1.29, 1.82) is 0 Å². The lowest BCUT2D eigenvalue weighted by Gasteiger charge is -2.25. The summed E-state index contributed by atoms with van der Waals surface area (Å²) in [5.41, 5.74) is 0.342. The van der Waals surface area contributed by atoms with Gasteiger partial charge < -0.3 is 33.7 Å². The number of ether oxygens (including phenoxy) is 3. The minimum absolute atomic E-state index is 0.0329. The molecule has 1 fully saturated rings.